The second kappa shape index (κ2) is 7.15. The predicted octanol–water partition coefficient (Wildman–Crippen LogP) is 3.57. The molecule has 3 aliphatic heterocycles. The Kier molecular flexibility index (Phi) is 5.49. The minimum atomic E-state index is 0.170. The fourth-order valence-electron chi connectivity index (χ4n) is 2.99. The molecule has 0 aromatic rings. The second-order valence-electron chi connectivity index (χ2n) is 5.47. The summed E-state index contributed by atoms with van der Waals surface area (Å²) >= 11 is 6.31. The van der Waals surface area contributed by atoms with Crippen molar-refractivity contribution in [1.82, 2.24) is 10.4 Å². The predicted molar refractivity (Wildman–Crippen MR) is 89.0 cm³/mol. The van der Waals surface area contributed by atoms with Crippen LogP contribution in [-0.2, 0) is 0 Å². The largest absolute Gasteiger partial charge is 0.268 e. The van der Waals surface area contributed by atoms with Crippen molar-refractivity contribution in [3.05, 3.63) is 22.6 Å². The lowest BCUT2D eigenvalue weighted by molar-refractivity contribution is 0.369. The molecule has 1 N–H and O–H groups in total. The average Bonchev–Trinajstić information content (AvgIpc) is 2.91. The molecule has 0 bridgehead atoms. The third-order valence-electron chi connectivity index (χ3n) is 4.09. The first-order chi connectivity index (χ1) is 10.2. The fraction of sp³-hybridized carbons (Fsp3) is 0.600. The van der Waals surface area contributed by atoms with Crippen molar-refractivity contribution in [3.63, 3.8) is 0 Å². The van der Waals surface area contributed by atoms with E-state index in [2.05, 4.69) is 18.3 Å². The van der Waals surface area contributed by atoms with Crippen LogP contribution in [0.2, 0.25) is 12.6 Å². The van der Waals surface area contributed by atoms with Crippen LogP contribution in [0.5, 0.6) is 0 Å². The van der Waals surface area contributed by atoms with Crippen molar-refractivity contribution in [3.8, 4) is 5.97 Å². The van der Waals surface area contributed by atoms with Gasteiger partial charge >= 0.3 is 0 Å². The Bertz CT molecular complexity index is 532. The lowest BCUT2D eigenvalue weighted by atomic mass is 9.40. The summed E-state index contributed by atoms with van der Waals surface area (Å²) < 4.78 is 0. The Labute approximate surface area is 132 Å². The highest BCUT2D eigenvalue weighted by molar-refractivity contribution is 6.67. The molecule has 0 aromatic carbocycles. The molecule has 0 spiro atoms. The minimum absolute atomic E-state index is 0.170. The third-order valence-corrected chi connectivity index (χ3v) is 4.36. The molecule has 21 heavy (non-hydrogen) atoms. The lowest BCUT2D eigenvalue weighted by Gasteiger charge is -2.29. The highest BCUT2D eigenvalue weighted by Crippen LogP contribution is 2.33. The van der Waals surface area contributed by atoms with Crippen LogP contribution in [0, 0.1) is 17.1 Å². The number of rotatable bonds is 1. The molecule has 0 aliphatic carbocycles. The van der Waals surface area contributed by atoms with Crippen molar-refractivity contribution in [2.24, 2.45) is 10.9 Å². The van der Waals surface area contributed by atoms with E-state index in [0.29, 0.717) is 11.1 Å². The summed E-state index contributed by atoms with van der Waals surface area (Å²) in [4.78, 5) is 4.76. The number of hydrogen-bond donors (Lipinski definition) is 1. The molecule has 0 saturated carbocycles. The van der Waals surface area contributed by atoms with E-state index in [1.54, 1.807) is 0 Å². The lowest BCUT2D eigenvalue weighted by Crippen LogP contribution is -2.34. The van der Waals surface area contributed by atoms with E-state index < -0.39 is 0 Å². The van der Waals surface area contributed by atoms with E-state index in [9.17, 15) is 0 Å². The zero-order valence-electron chi connectivity index (χ0n) is 13.0. The maximum Gasteiger partial charge on any atom is 0.268 e. The van der Waals surface area contributed by atoms with Gasteiger partial charge in [0.05, 0.1) is 0 Å². The number of fused-ring (bicyclic) bond motifs is 1. The normalized spacial score (nSPS) is 24.6. The number of nitrogens with one attached hydrogen (secondary N) is 1. The number of halogens is 1. The van der Waals surface area contributed by atoms with Gasteiger partial charge in [0.1, 0.15) is 11.0 Å². The molecule has 4 nitrogen and oxygen atoms in total. The van der Waals surface area contributed by atoms with E-state index in [-0.39, 0.29) is 6.71 Å². The van der Waals surface area contributed by atoms with E-state index in [1.165, 1.54) is 5.57 Å². The van der Waals surface area contributed by atoms with Crippen LogP contribution < -0.4 is 5.43 Å². The minimum Gasteiger partial charge on any atom is -0.248 e. The number of nitriles is 1. The maximum absolute atomic E-state index is 9.09. The Morgan fingerprint density at radius 1 is 1.52 bits per heavy atom. The van der Waals surface area contributed by atoms with Gasteiger partial charge in [0.25, 0.3) is 6.71 Å². The Balaban J connectivity index is 0.000000774. The van der Waals surface area contributed by atoms with E-state index in [1.807, 2.05) is 24.9 Å². The summed E-state index contributed by atoms with van der Waals surface area (Å²) in [7, 11) is 0. The first kappa shape index (κ1) is 16.1. The van der Waals surface area contributed by atoms with Gasteiger partial charge < -0.3 is 0 Å². The Morgan fingerprint density at radius 2 is 2.29 bits per heavy atom. The topological polar surface area (TPSA) is 51.4 Å². The summed E-state index contributed by atoms with van der Waals surface area (Å²) in [5, 5.41) is 11.6. The smallest absolute Gasteiger partial charge is 0.248 e. The van der Waals surface area contributed by atoms with Crippen LogP contribution in [0.3, 0.4) is 0 Å². The zero-order chi connectivity index (χ0) is 15.4. The summed E-state index contributed by atoms with van der Waals surface area (Å²) in [6, 6.07) is 0. The molecule has 3 aliphatic rings. The van der Waals surface area contributed by atoms with E-state index >= 15 is 0 Å². The van der Waals surface area contributed by atoms with Crippen LogP contribution in [0.25, 0.3) is 0 Å². The molecule has 112 valence electrons. The molecule has 1 fully saturated rings. The fourth-order valence-corrected chi connectivity index (χ4v) is 3.24. The molecule has 0 aromatic heterocycles. The SMILES string of the molecule is CC.CC1=C2N=C(C3CCCB(C#N)C3)C=C(Cl)N2NC1. The van der Waals surface area contributed by atoms with Gasteiger partial charge in [-0.15, -0.1) is 0 Å². The molecular weight excluding hydrogens is 282 g/mol. The monoisotopic (exact) mass is 304 g/mol. The van der Waals surface area contributed by atoms with Gasteiger partial charge in [-0.2, -0.15) is 0 Å². The number of nitrogens with zero attached hydrogens (tertiary/aromatic N) is 3. The molecule has 1 saturated heterocycles. The molecule has 0 amide bonds. The van der Waals surface area contributed by atoms with Crippen molar-refractivity contribution in [2.45, 2.75) is 46.3 Å². The zero-order valence-corrected chi connectivity index (χ0v) is 13.7. The van der Waals surface area contributed by atoms with Gasteiger partial charge in [-0.1, -0.05) is 44.5 Å². The number of hydrogen-bond acceptors (Lipinski definition) is 4. The molecule has 3 rings (SSSR count). The van der Waals surface area contributed by atoms with Gasteiger partial charge in [-0.3, -0.25) is 0 Å². The van der Waals surface area contributed by atoms with Gasteiger partial charge in [-0.25, -0.2) is 20.7 Å². The summed E-state index contributed by atoms with van der Waals surface area (Å²) in [5.41, 5.74) is 5.45. The molecule has 1 atom stereocenters. The van der Waals surface area contributed by atoms with Crippen molar-refractivity contribution in [1.29, 1.82) is 5.26 Å². The first-order valence-corrected chi connectivity index (χ1v) is 8.15. The van der Waals surface area contributed by atoms with Gasteiger partial charge in [-0.05, 0) is 30.9 Å². The van der Waals surface area contributed by atoms with Crippen molar-refractivity contribution < 1.29 is 0 Å². The highest BCUT2D eigenvalue weighted by Gasteiger charge is 2.32. The molecule has 3 heterocycles. The van der Waals surface area contributed by atoms with Gasteiger partial charge in [0.15, 0.2) is 0 Å². The Hall–Kier alpha value is -1.25. The van der Waals surface area contributed by atoms with E-state index in [0.717, 1.165) is 43.6 Å². The first-order valence-electron chi connectivity index (χ1n) is 7.78. The summed E-state index contributed by atoms with van der Waals surface area (Å²) in [6.07, 6.45) is 6.09. The highest BCUT2D eigenvalue weighted by atomic mass is 35.5. The second-order valence-corrected chi connectivity index (χ2v) is 5.85. The molecule has 0 radical (unpaired) electrons. The quantitative estimate of drug-likeness (QED) is 0.595. The standard InChI is InChI=1S/C13H16BClN4.C2H6/c1-9-7-17-19-12(15)5-11(18-13(9)19)10-3-2-4-14(6-10)8-16;1-2/h5,10,17H,2-4,6-7H2,1H3;1-2H3. The number of aliphatic imine (C=N–C) groups is 1. The average molecular weight is 305 g/mol. The molecular formula is C15H22BClN4. The maximum atomic E-state index is 9.09. The van der Waals surface area contributed by atoms with Gasteiger partial charge in [0.2, 0.25) is 0 Å². The van der Waals surface area contributed by atoms with Crippen LogP contribution in [0.1, 0.15) is 33.6 Å². The molecule has 1 unspecified atom stereocenters. The van der Waals surface area contributed by atoms with Gasteiger partial charge in [0, 0.05) is 18.2 Å². The summed E-state index contributed by atoms with van der Waals surface area (Å²) in [6.45, 7) is 7.03. The van der Waals surface area contributed by atoms with Crippen LogP contribution in [-0.4, -0.2) is 24.0 Å². The van der Waals surface area contributed by atoms with Crippen LogP contribution in [0.4, 0.5) is 0 Å². The van der Waals surface area contributed by atoms with Crippen molar-refractivity contribution >= 4 is 24.0 Å². The summed E-state index contributed by atoms with van der Waals surface area (Å²) in [5.74, 6) is 3.70. The Morgan fingerprint density at radius 3 is 3.00 bits per heavy atom. The van der Waals surface area contributed by atoms with Crippen LogP contribution >= 0.6 is 11.6 Å². The van der Waals surface area contributed by atoms with Crippen LogP contribution in [0.15, 0.2) is 27.6 Å². The third kappa shape index (κ3) is 3.33. The van der Waals surface area contributed by atoms with Crippen molar-refractivity contribution in [2.75, 3.05) is 6.54 Å². The number of hydrazine groups is 1. The van der Waals surface area contributed by atoms with E-state index in [4.69, 9.17) is 21.9 Å². The molecule has 6 heteroatoms. The number of allylic oxidation sites excluding steroid dienone is 1.